The molecule has 0 spiro atoms. The van der Waals surface area contributed by atoms with Gasteiger partial charge in [-0.2, -0.15) is 10.2 Å². The number of fused-ring (bicyclic) bond motifs is 4. The highest BCUT2D eigenvalue weighted by atomic mass is 35.5. The molecule has 0 bridgehead atoms. The Morgan fingerprint density at radius 3 is 2.00 bits per heavy atom. The van der Waals surface area contributed by atoms with E-state index in [4.69, 9.17) is 23.2 Å². The van der Waals surface area contributed by atoms with Gasteiger partial charge >= 0.3 is 0 Å². The summed E-state index contributed by atoms with van der Waals surface area (Å²) in [5, 5.41) is 19.1. The van der Waals surface area contributed by atoms with Gasteiger partial charge in [0.25, 0.3) is 11.8 Å². The summed E-state index contributed by atoms with van der Waals surface area (Å²) in [5.74, 6) is -6.63. The molecule has 268 valence electrons. The standard InChI is InChI=1S/C40H32Cl2FN5O5/c1-46(2)26-14-8-24(9-15-26)44-45-25-10-16-27(17-11-25)47-35(50)31-19-18-30-32(33(31)36(47)51)21-39(41)37(52)48(28-12-6-23(43)7-13-28)38(53)40(39,42)34(30)22-4-3-5-29(49)20-22/h3-18,20,31-34,49H,19,21H2,1-2H3/t31-,32+,33-,34-,39+,40-/m0/s1. The molecular weight excluding hydrogens is 720 g/mol. The van der Waals surface area contributed by atoms with Crippen LogP contribution in [0, 0.1) is 23.6 Å². The van der Waals surface area contributed by atoms with Gasteiger partial charge in [-0.25, -0.2) is 9.29 Å². The number of phenolic OH excluding ortho intramolecular Hbond substituents is 1. The number of halogens is 3. The number of carbonyl (C=O) groups is 4. The molecule has 4 amide bonds. The fraction of sp³-hybridized carbons (Fsp3) is 0.250. The van der Waals surface area contributed by atoms with Crippen LogP contribution in [0.4, 0.5) is 32.8 Å². The Bertz CT molecular complexity index is 2250. The SMILES string of the molecule is CN(C)c1ccc(N=Nc2ccc(N3C(=O)[C@H]4[C@H](CC=C5[C@H]4C[C@@]4(Cl)C(=O)N(c6ccc(F)cc6)C(=O)[C@@]4(Cl)[C@H]5c4cccc(O)c4)C3=O)cc2)cc1. The van der Waals surface area contributed by atoms with Gasteiger partial charge in [0, 0.05) is 25.7 Å². The minimum atomic E-state index is -2.09. The third-order valence-electron chi connectivity index (χ3n) is 10.9. The van der Waals surface area contributed by atoms with Crippen molar-refractivity contribution in [3.63, 3.8) is 0 Å². The van der Waals surface area contributed by atoms with Crippen molar-refractivity contribution >= 4 is 75.3 Å². The van der Waals surface area contributed by atoms with E-state index in [1.54, 1.807) is 36.4 Å². The molecular formula is C40H32Cl2FN5O5. The number of nitrogens with zero attached hydrogens (tertiary/aromatic N) is 5. The molecule has 4 aromatic rings. The maximum absolute atomic E-state index is 14.4. The molecule has 1 saturated carbocycles. The van der Waals surface area contributed by atoms with Gasteiger partial charge < -0.3 is 10.0 Å². The summed E-state index contributed by atoms with van der Waals surface area (Å²) in [6.07, 6.45) is 1.78. The number of imide groups is 2. The highest BCUT2D eigenvalue weighted by molar-refractivity contribution is 6.58. The van der Waals surface area contributed by atoms with Crippen molar-refractivity contribution in [2.45, 2.75) is 28.5 Å². The summed E-state index contributed by atoms with van der Waals surface area (Å²) in [6.45, 7) is 0. The predicted molar refractivity (Wildman–Crippen MR) is 199 cm³/mol. The second-order valence-corrected chi connectivity index (χ2v) is 15.2. The number of aromatic hydroxyl groups is 1. The highest BCUT2D eigenvalue weighted by Crippen LogP contribution is 2.66. The average Bonchev–Trinajstić information content (AvgIpc) is 3.49. The van der Waals surface area contributed by atoms with E-state index in [-0.39, 0.29) is 24.3 Å². The maximum atomic E-state index is 14.4. The van der Waals surface area contributed by atoms with Crippen molar-refractivity contribution in [2.24, 2.45) is 28.0 Å². The fourth-order valence-corrected chi connectivity index (χ4v) is 9.27. The van der Waals surface area contributed by atoms with Crippen LogP contribution < -0.4 is 14.7 Å². The summed E-state index contributed by atoms with van der Waals surface area (Å²) in [5.41, 5.74) is 3.64. The number of alkyl halides is 2. The van der Waals surface area contributed by atoms with Gasteiger partial charge in [0.2, 0.25) is 11.8 Å². The maximum Gasteiger partial charge on any atom is 0.258 e. The number of carbonyl (C=O) groups excluding carboxylic acids is 4. The first-order valence-corrected chi connectivity index (χ1v) is 17.8. The molecule has 0 radical (unpaired) electrons. The summed E-state index contributed by atoms with van der Waals surface area (Å²) < 4.78 is 13.9. The van der Waals surface area contributed by atoms with Gasteiger partial charge in [-0.15, -0.1) is 23.2 Å². The number of azo groups is 1. The molecule has 13 heteroatoms. The molecule has 1 N–H and O–H groups in total. The number of anilines is 3. The Morgan fingerprint density at radius 1 is 0.774 bits per heavy atom. The van der Waals surface area contributed by atoms with E-state index in [9.17, 15) is 28.7 Å². The van der Waals surface area contributed by atoms with E-state index in [1.165, 1.54) is 24.3 Å². The molecule has 2 aliphatic carbocycles. The predicted octanol–water partition coefficient (Wildman–Crippen LogP) is 7.78. The number of allylic oxidation sites excluding steroid dienone is 2. The quantitative estimate of drug-likeness (QED) is 0.0930. The normalized spacial score (nSPS) is 27.9. The first kappa shape index (κ1) is 34.7. The van der Waals surface area contributed by atoms with Crippen LogP contribution in [-0.2, 0) is 19.2 Å². The van der Waals surface area contributed by atoms with Crippen LogP contribution in [-0.4, -0.2) is 52.6 Å². The first-order valence-electron chi connectivity index (χ1n) is 17.0. The Kier molecular flexibility index (Phi) is 8.27. The van der Waals surface area contributed by atoms with Crippen molar-refractivity contribution < 1.29 is 28.7 Å². The Hall–Kier alpha value is -5.39. The van der Waals surface area contributed by atoms with E-state index in [0.717, 1.165) is 27.6 Å². The van der Waals surface area contributed by atoms with Crippen molar-refractivity contribution in [1.82, 2.24) is 0 Å². The lowest BCUT2D eigenvalue weighted by molar-refractivity contribution is -0.125. The third-order valence-corrected chi connectivity index (χ3v) is 12.3. The van der Waals surface area contributed by atoms with E-state index in [1.807, 2.05) is 49.3 Å². The highest BCUT2D eigenvalue weighted by Gasteiger charge is 2.76. The molecule has 2 aliphatic heterocycles. The molecule has 8 rings (SSSR count). The lowest BCUT2D eigenvalue weighted by Gasteiger charge is -2.50. The number of hydrogen-bond donors (Lipinski definition) is 1. The Balaban J connectivity index is 1.14. The molecule has 4 aliphatic rings. The van der Waals surface area contributed by atoms with E-state index < -0.39 is 62.9 Å². The third kappa shape index (κ3) is 5.27. The smallest absolute Gasteiger partial charge is 0.258 e. The Labute approximate surface area is 314 Å². The van der Waals surface area contributed by atoms with Crippen LogP contribution in [0.15, 0.2) is 119 Å². The molecule has 6 atom stereocenters. The van der Waals surface area contributed by atoms with Crippen LogP contribution >= 0.6 is 23.2 Å². The molecule has 53 heavy (non-hydrogen) atoms. The van der Waals surface area contributed by atoms with Gasteiger partial charge in [0.1, 0.15) is 11.6 Å². The molecule has 10 nitrogen and oxygen atoms in total. The van der Waals surface area contributed by atoms with E-state index >= 15 is 0 Å². The second-order valence-electron chi connectivity index (χ2n) is 14.0. The van der Waals surface area contributed by atoms with Crippen LogP contribution in [0.25, 0.3) is 0 Å². The number of amides is 4. The lowest BCUT2D eigenvalue weighted by Crippen LogP contribution is -2.60. The van der Waals surface area contributed by atoms with E-state index in [2.05, 4.69) is 10.2 Å². The van der Waals surface area contributed by atoms with Gasteiger partial charge in [-0.3, -0.25) is 24.1 Å². The van der Waals surface area contributed by atoms with Crippen LogP contribution in [0.1, 0.15) is 24.3 Å². The zero-order chi connectivity index (χ0) is 37.4. The monoisotopic (exact) mass is 751 g/mol. The summed E-state index contributed by atoms with van der Waals surface area (Å²) >= 11 is 14.8. The zero-order valence-electron chi connectivity index (χ0n) is 28.5. The molecule has 4 aromatic carbocycles. The van der Waals surface area contributed by atoms with E-state index in [0.29, 0.717) is 28.2 Å². The topological polar surface area (TPSA) is 123 Å². The Morgan fingerprint density at radius 2 is 1.38 bits per heavy atom. The number of phenols is 1. The summed E-state index contributed by atoms with van der Waals surface area (Å²) in [6, 6.07) is 25.2. The molecule has 0 aromatic heterocycles. The van der Waals surface area contributed by atoms with Gasteiger partial charge in [0.05, 0.1) is 34.6 Å². The van der Waals surface area contributed by atoms with Gasteiger partial charge in [-0.05, 0) is 109 Å². The van der Waals surface area contributed by atoms with Crippen LogP contribution in [0.3, 0.4) is 0 Å². The number of hydrogen-bond acceptors (Lipinski definition) is 8. The molecule has 3 fully saturated rings. The minimum Gasteiger partial charge on any atom is -0.508 e. The number of benzene rings is 4. The average molecular weight is 753 g/mol. The van der Waals surface area contributed by atoms with Gasteiger partial charge in [0.15, 0.2) is 9.75 Å². The molecule has 2 heterocycles. The molecule has 0 unspecified atom stereocenters. The van der Waals surface area contributed by atoms with Crippen LogP contribution in [0.2, 0.25) is 0 Å². The number of rotatable bonds is 6. The van der Waals surface area contributed by atoms with Crippen molar-refractivity contribution in [3.8, 4) is 5.75 Å². The lowest BCUT2D eigenvalue weighted by atomic mass is 9.56. The second kappa shape index (κ2) is 12.6. The fourth-order valence-electron chi connectivity index (χ4n) is 8.33. The molecule has 2 saturated heterocycles. The summed E-state index contributed by atoms with van der Waals surface area (Å²) in [4.78, 5) is 57.1. The van der Waals surface area contributed by atoms with Crippen molar-refractivity contribution in [1.29, 1.82) is 0 Å². The summed E-state index contributed by atoms with van der Waals surface area (Å²) in [7, 11) is 3.89. The van der Waals surface area contributed by atoms with Crippen molar-refractivity contribution in [2.75, 3.05) is 28.8 Å². The first-order chi connectivity index (χ1) is 25.3. The largest absolute Gasteiger partial charge is 0.508 e. The zero-order valence-corrected chi connectivity index (χ0v) is 30.0. The van der Waals surface area contributed by atoms with Crippen LogP contribution in [0.5, 0.6) is 5.75 Å². The van der Waals surface area contributed by atoms with Crippen molar-refractivity contribution in [3.05, 3.63) is 120 Å². The van der Waals surface area contributed by atoms with Gasteiger partial charge in [-0.1, -0.05) is 23.8 Å². The minimum absolute atomic E-state index is 0.0869.